The molecule has 2 aromatic carbocycles. The minimum atomic E-state index is -0.166. The number of nitrogens with zero attached hydrogens (tertiary/aromatic N) is 2. The van der Waals surface area contributed by atoms with Crippen molar-refractivity contribution < 1.29 is 9.59 Å². The van der Waals surface area contributed by atoms with E-state index in [1.807, 2.05) is 48.2 Å². The van der Waals surface area contributed by atoms with Crippen LogP contribution in [-0.2, 0) is 11.2 Å². The molecule has 0 bridgehead atoms. The lowest BCUT2D eigenvalue weighted by atomic mass is 10.0. The average molecular weight is 363 g/mol. The van der Waals surface area contributed by atoms with Gasteiger partial charge in [0.05, 0.1) is 6.04 Å². The zero-order chi connectivity index (χ0) is 19.0. The van der Waals surface area contributed by atoms with Crippen LogP contribution in [0.3, 0.4) is 0 Å². The molecule has 3 amide bonds. The van der Waals surface area contributed by atoms with Crippen molar-refractivity contribution >= 4 is 23.3 Å². The Labute approximate surface area is 160 Å². The topological polar surface area (TPSA) is 52.7 Å². The van der Waals surface area contributed by atoms with Gasteiger partial charge in [0.1, 0.15) is 0 Å². The summed E-state index contributed by atoms with van der Waals surface area (Å²) in [6.45, 7) is 5.34. The van der Waals surface area contributed by atoms with Crippen LogP contribution in [0.5, 0.6) is 0 Å². The largest absolute Gasteiger partial charge is 0.333 e. The van der Waals surface area contributed by atoms with Crippen LogP contribution < -0.4 is 15.1 Å². The molecule has 0 aromatic heterocycles. The first-order chi connectivity index (χ1) is 13.0. The highest BCUT2D eigenvalue weighted by Gasteiger charge is 2.33. The maximum absolute atomic E-state index is 12.9. The molecule has 0 spiro atoms. The molecule has 27 heavy (non-hydrogen) atoms. The normalized spacial score (nSPS) is 19.2. The van der Waals surface area contributed by atoms with E-state index in [4.69, 9.17) is 0 Å². The van der Waals surface area contributed by atoms with Crippen molar-refractivity contribution in [2.24, 2.45) is 0 Å². The highest BCUT2D eigenvalue weighted by atomic mass is 16.2. The van der Waals surface area contributed by atoms with Gasteiger partial charge in [0, 0.05) is 30.9 Å². The van der Waals surface area contributed by atoms with Crippen molar-refractivity contribution in [3.05, 3.63) is 59.2 Å². The minimum Gasteiger partial charge on any atom is -0.333 e. The van der Waals surface area contributed by atoms with E-state index >= 15 is 0 Å². The fourth-order valence-electron chi connectivity index (χ4n) is 3.94. The van der Waals surface area contributed by atoms with E-state index in [1.54, 1.807) is 4.90 Å². The highest BCUT2D eigenvalue weighted by Crippen LogP contribution is 2.28. The third-order valence-electron chi connectivity index (χ3n) is 5.61. The molecule has 140 valence electrons. The molecule has 2 aliphatic rings. The quantitative estimate of drug-likeness (QED) is 0.887. The van der Waals surface area contributed by atoms with Crippen LogP contribution in [0, 0.1) is 13.8 Å². The molecular weight excluding hydrogens is 338 g/mol. The number of carbonyl (C=O) groups excluding carboxylic acids is 2. The molecular formula is C22H25N3O2. The summed E-state index contributed by atoms with van der Waals surface area (Å²) in [6.07, 6.45) is 2.30. The van der Waals surface area contributed by atoms with Crippen molar-refractivity contribution in [2.45, 2.75) is 39.2 Å². The predicted molar refractivity (Wildman–Crippen MR) is 107 cm³/mol. The first-order valence-electron chi connectivity index (χ1n) is 9.56. The van der Waals surface area contributed by atoms with Gasteiger partial charge in [-0.3, -0.25) is 9.69 Å². The fourth-order valence-corrected chi connectivity index (χ4v) is 3.94. The molecule has 1 N–H and O–H groups in total. The van der Waals surface area contributed by atoms with E-state index in [1.165, 1.54) is 11.1 Å². The lowest BCUT2D eigenvalue weighted by molar-refractivity contribution is -0.117. The number of amides is 3. The molecule has 5 heteroatoms. The van der Waals surface area contributed by atoms with Crippen LogP contribution in [0.1, 0.15) is 29.5 Å². The van der Waals surface area contributed by atoms with Crippen molar-refractivity contribution in [3.63, 3.8) is 0 Å². The van der Waals surface area contributed by atoms with Crippen molar-refractivity contribution in [3.8, 4) is 0 Å². The van der Waals surface area contributed by atoms with Crippen LogP contribution in [0.2, 0.25) is 0 Å². The first kappa shape index (κ1) is 17.6. The van der Waals surface area contributed by atoms with Crippen LogP contribution in [0.4, 0.5) is 16.2 Å². The smallest absolute Gasteiger partial charge is 0.322 e. The molecule has 2 aromatic rings. The Morgan fingerprint density at radius 2 is 1.93 bits per heavy atom. The molecule has 1 saturated heterocycles. The number of hydrogen-bond donors (Lipinski definition) is 1. The summed E-state index contributed by atoms with van der Waals surface area (Å²) in [5, 5.41) is 3.07. The SMILES string of the molecule is Cc1ccc(N2C[C@@H](NC(=O)N3CCCc4ccccc43)CC2=O)cc1C. The second-order valence-corrected chi connectivity index (χ2v) is 7.51. The summed E-state index contributed by atoms with van der Waals surface area (Å²) in [4.78, 5) is 28.9. The second kappa shape index (κ2) is 7.06. The Kier molecular flexibility index (Phi) is 4.60. The standard InChI is InChI=1S/C22H25N3O2/c1-15-9-10-19(12-16(15)2)25-14-18(13-21(25)26)23-22(27)24-11-5-7-17-6-3-4-8-20(17)24/h3-4,6,8-10,12,18H,5,7,11,13-14H2,1-2H3,(H,23,27)/t18-/m0/s1. The zero-order valence-corrected chi connectivity index (χ0v) is 15.9. The number of nitrogens with one attached hydrogen (secondary N) is 1. The van der Waals surface area contributed by atoms with Gasteiger partial charge in [0.2, 0.25) is 5.91 Å². The molecule has 0 aliphatic carbocycles. The number of para-hydroxylation sites is 1. The fraction of sp³-hybridized carbons (Fsp3) is 0.364. The third kappa shape index (κ3) is 3.42. The van der Waals surface area contributed by atoms with Crippen LogP contribution in [0.25, 0.3) is 0 Å². The zero-order valence-electron chi connectivity index (χ0n) is 15.9. The molecule has 0 radical (unpaired) electrons. The summed E-state index contributed by atoms with van der Waals surface area (Å²) < 4.78 is 0. The van der Waals surface area contributed by atoms with Gasteiger partial charge in [0.15, 0.2) is 0 Å². The molecule has 1 fully saturated rings. The molecule has 4 rings (SSSR count). The number of benzene rings is 2. The Bertz CT molecular complexity index is 893. The second-order valence-electron chi connectivity index (χ2n) is 7.51. The van der Waals surface area contributed by atoms with E-state index < -0.39 is 0 Å². The maximum Gasteiger partial charge on any atom is 0.322 e. The van der Waals surface area contributed by atoms with E-state index in [2.05, 4.69) is 18.3 Å². The van der Waals surface area contributed by atoms with Crippen LogP contribution >= 0.6 is 0 Å². The Morgan fingerprint density at radius 3 is 2.74 bits per heavy atom. The van der Waals surface area contributed by atoms with Gasteiger partial charge in [-0.25, -0.2) is 4.79 Å². The highest BCUT2D eigenvalue weighted by molar-refractivity contribution is 5.98. The molecule has 5 nitrogen and oxygen atoms in total. The molecule has 0 saturated carbocycles. The minimum absolute atomic E-state index is 0.0580. The van der Waals surface area contributed by atoms with Crippen LogP contribution in [-0.4, -0.2) is 31.1 Å². The Hall–Kier alpha value is -2.82. The van der Waals surface area contributed by atoms with Crippen molar-refractivity contribution in [2.75, 3.05) is 22.9 Å². The monoisotopic (exact) mass is 363 g/mol. The van der Waals surface area contributed by atoms with Gasteiger partial charge in [-0.2, -0.15) is 0 Å². The lowest BCUT2D eigenvalue weighted by Gasteiger charge is -2.30. The summed E-state index contributed by atoms with van der Waals surface area (Å²) in [5.74, 6) is 0.0580. The summed E-state index contributed by atoms with van der Waals surface area (Å²) >= 11 is 0. The first-order valence-corrected chi connectivity index (χ1v) is 9.56. The third-order valence-corrected chi connectivity index (χ3v) is 5.61. The summed E-state index contributed by atoms with van der Waals surface area (Å²) in [7, 11) is 0. The van der Waals surface area contributed by atoms with E-state index in [0.29, 0.717) is 19.5 Å². The number of fused-ring (bicyclic) bond motifs is 1. The molecule has 2 heterocycles. The van der Waals surface area contributed by atoms with Crippen molar-refractivity contribution in [1.29, 1.82) is 0 Å². The Morgan fingerprint density at radius 1 is 1.11 bits per heavy atom. The van der Waals surface area contributed by atoms with Gasteiger partial charge in [-0.05, 0) is 61.6 Å². The van der Waals surface area contributed by atoms with Gasteiger partial charge in [-0.1, -0.05) is 24.3 Å². The number of aryl methyl sites for hydroxylation is 3. The van der Waals surface area contributed by atoms with E-state index in [0.717, 1.165) is 29.8 Å². The van der Waals surface area contributed by atoms with E-state index in [9.17, 15) is 9.59 Å². The van der Waals surface area contributed by atoms with Crippen molar-refractivity contribution in [1.82, 2.24) is 5.32 Å². The summed E-state index contributed by atoms with van der Waals surface area (Å²) in [5.41, 5.74) is 5.47. The number of urea groups is 1. The molecule has 1 atom stereocenters. The van der Waals surface area contributed by atoms with Gasteiger partial charge < -0.3 is 10.2 Å². The number of anilines is 2. The van der Waals surface area contributed by atoms with E-state index in [-0.39, 0.29) is 18.0 Å². The van der Waals surface area contributed by atoms with Gasteiger partial charge >= 0.3 is 6.03 Å². The molecule has 0 unspecified atom stereocenters. The molecule has 2 aliphatic heterocycles. The maximum atomic E-state index is 12.9. The Balaban J connectivity index is 1.46. The average Bonchev–Trinajstić information content (AvgIpc) is 3.03. The number of rotatable bonds is 2. The predicted octanol–water partition coefficient (Wildman–Crippen LogP) is 3.57. The lowest BCUT2D eigenvalue weighted by Crippen LogP contribution is -2.47. The number of carbonyl (C=O) groups is 2. The van der Waals surface area contributed by atoms with Gasteiger partial charge in [0.25, 0.3) is 0 Å². The number of hydrogen-bond acceptors (Lipinski definition) is 2. The van der Waals surface area contributed by atoms with Gasteiger partial charge in [-0.15, -0.1) is 0 Å². The van der Waals surface area contributed by atoms with Crippen LogP contribution in [0.15, 0.2) is 42.5 Å². The summed E-state index contributed by atoms with van der Waals surface area (Å²) in [6, 6.07) is 13.8.